The molecule has 0 spiro atoms. The Morgan fingerprint density at radius 3 is 2.41 bits per heavy atom. The molecule has 0 saturated carbocycles. The molecule has 0 fully saturated rings. The van der Waals surface area contributed by atoms with E-state index < -0.39 is 0 Å². The van der Waals surface area contributed by atoms with E-state index in [1.54, 1.807) is 54.0 Å². The Balaban J connectivity index is 1.98. The average molecular weight is 395 g/mol. The van der Waals surface area contributed by atoms with Crippen LogP contribution in [0.1, 0.15) is 32.1 Å². The predicted molar refractivity (Wildman–Crippen MR) is 110 cm³/mol. The number of halogens is 1. The molecule has 150 valence electrons. The van der Waals surface area contributed by atoms with Gasteiger partial charge in [-0.15, -0.1) is 0 Å². The largest absolute Gasteiger partial charge is 0.495 e. The molecule has 6 nitrogen and oxygen atoms in total. The van der Waals surface area contributed by atoms with Crippen LogP contribution in [-0.2, 0) is 0 Å². The first-order chi connectivity index (χ1) is 13.9. The monoisotopic (exact) mass is 395 g/mol. The van der Waals surface area contributed by atoms with Crippen molar-refractivity contribution in [2.24, 2.45) is 0 Å². The fraction of sp³-hybridized carbons (Fsp3) is 0.182. The van der Waals surface area contributed by atoms with Crippen LogP contribution in [0, 0.1) is 19.7 Å². The molecule has 7 heteroatoms. The Hall–Kier alpha value is -3.61. The first-order valence-electron chi connectivity index (χ1n) is 9.02. The normalized spacial score (nSPS) is 10.5. The molecule has 1 heterocycles. The number of ether oxygens (including phenoxy) is 1. The molecule has 0 aliphatic heterocycles. The summed E-state index contributed by atoms with van der Waals surface area (Å²) in [5.41, 5.74) is 2.86. The number of nitrogens with one attached hydrogen (secondary N) is 2. The zero-order valence-electron chi connectivity index (χ0n) is 16.7. The van der Waals surface area contributed by atoms with E-state index in [2.05, 4.69) is 10.6 Å². The van der Waals surface area contributed by atoms with E-state index in [1.165, 1.54) is 20.2 Å². The number of carbonyl (C=O) groups excluding carboxylic acids is 2. The van der Waals surface area contributed by atoms with Crippen molar-refractivity contribution < 1.29 is 18.7 Å². The van der Waals surface area contributed by atoms with Crippen LogP contribution in [0.2, 0.25) is 0 Å². The predicted octanol–water partition coefficient (Wildman–Crippen LogP) is 3.85. The highest BCUT2D eigenvalue weighted by Gasteiger charge is 2.20. The van der Waals surface area contributed by atoms with Crippen LogP contribution in [0.3, 0.4) is 0 Å². The van der Waals surface area contributed by atoms with Gasteiger partial charge in [0.25, 0.3) is 11.8 Å². The summed E-state index contributed by atoms with van der Waals surface area (Å²) >= 11 is 0. The molecule has 3 aromatic rings. The third kappa shape index (κ3) is 3.85. The highest BCUT2D eigenvalue weighted by Crippen LogP contribution is 2.28. The first-order valence-corrected chi connectivity index (χ1v) is 9.02. The number of para-hydroxylation sites is 1. The molecular formula is C22H22FN3O3. The smallest absolute Gasteiger partial charge is 0.257 e. The molecule has 0 aliphatic carbocycles. The number of carbonyl (C=O) groups is 2. The molecule has 2 N–H and O–H groups in total. The number of hydrogen-bond acceptors (Lipinski definition) is 3. The molecule has 0 radical (unpaired) electrons. The summed E-state index contributed by atoms with van der Waals surface area (Å²) in [6.07, 6.45) is 0. The highest BCUT2D eigenvalue weighted by atomic mass is 19.1. The number of anilines is 1. The number of rotatable bonds is 5. The number of aryl methyl sites for hydroxylation is 1. The molecular weight excluding hydrogens is 373 g/mol. The molecule has 29 heavy (non-hydrogen) atoms. The van der Waals surface area contributed by atoms with Gasteiger partial charge in [0.1, 0.15) is 11.6 Å². The van der Waals surface area contributed by atoms with Crippen LogP contribution < -0.4 is 15.4 Å². The van der Waals surface area contributed by atoms with Gasteiger partial charge in [-0.2, -0.15) is 0 Å². The van der Waals surface area contributed by atoms with Crippen LogP contribution in [0.5, 0.6) is 5.75 Å². The Morgan fingerprint density at radius 2 is 1.76 bits per heavy atom. The standard InChI is InChI=1S/C22H22FN3O3/c1-13-11-16(14(2)26(13)19-8-6-5-7-17(19)23)22(28)25-18-12-15(21(27)24-3)9-10-20(18)29-4/h5-12H,1-4H3,(H,24,27)(H,25,28). The lowest BCUT2D eigenvalue weighted by Crippen LogP contribution is -2.19. The lowest BCUT2D eigenvalue weighted by Gasteiger charge is -2.13. The van der Waals surface area contributed by atoms with Crippen molar-refractivity contribution in [3.8, 4) is 11.4 Å². The van der Waals surface area contributed by atoms with Gasteiger partial charge in [0.15, 0.2) is 0 Å². The van der Waals surface area contributed by atoms with Crippen LogP contribution >= 0.6 is 0 Å². The summed E-state index contributed by atoms with van der Waals surface area (Å²) in [5.74, 6) is -0.607. The van der Waals surface area contributed by atoms with E-state index in [1.807, 2.05) is 6.92 Å². The van der Waals surface area contributed by atoms with Crippen LogP contribution in [-0.4, -0.2) is 30.5 Å². The second kappa shape index (κ2) is 8.18. The van der Waals surface area contributed by atoms with Gasteiger partial charge < -0.3 is 19.9 Å². The van der Waals surface area contributed by atoms with Gasteiger partial charge in [0.05, 0.1) is 24.0 Å². The van der Waals surface area contributed by atoms with Crippen molar-refractivity contribution in [2.45, 2.75) is 13.8 Å². The fourth-order valence-corrected chi connectivity index (χ4v) is 3.28. The maximum Gasteiger partial charge on any atom is 0.257 e. The van der Waals surface area contributed by atoms with Crippen molar-refractivity contribution in [3.05, 3.63) is 76.9 Å². The van der Waals surface area contributed by atoms with E-state index >= 15 is 0 Å². The maximum absolute atomic E-state index is 14.3. The Labute approximate surface area is 168 Å². The van der Waals surface area contributed by atoms with Crippen LogP contribution in [0.15, 0.2) is 48.5 Å². The number of nitrogens with zero attached hydrogens (tertiary/aromatic N) is 1. The topological polar surface area (TPSA) is 72.4 Å². The number of amides is 2. The van der Waals surface area contributed by atoms with Gasteiger partial charge in [0.2, 0.25) is 0 Å². The van der Waals surface area contributed by atoms with Crippen molar-refractivity contribution in [2.75, 3.05) is 19.5 Å². The Kier molecular flexibility index (Phi) is 5.68. The SMILES string of the molecule is CNC(=O)c1ccc(OC)c(NC(=O)c2cc(C)n(-c3ccccc3F)c2C)c1. The zero-order valence-corrected chi connectivity index (χ0v) is 16.7. The molecule has 1 aromatic heterocycles. The summed E-state index contributed by atoms with van der Waals surface area (Å²) in [4.78, 5) is 24.9. The third-order valence-corrected chi connectivity index (χ3v) is 4.71. The Morgan fingerprint density at radius 1 is 1.03 bits per heavy atom. The molecule has 2 amide bonds. The minimum Gasteiger partial charge on any atom is -0.495 e. The molecule has 3 rings (SSSR count). The zero-order chi connectivity index (χ0) is 21.1. The lowest BCUT2D eigenvalue weighted by atomic mass is 10.1. The minimum absolute atomic E-state index is 0.277. The third-order valence-electron chi connectivity index (χ3n) is 4.71. The van der Waals surface area contributed by atoms with Gasteiger partial charge in [-0.05, 0) is 50.2 Å². The summed E-state index contributed by atoms with van der Waals surface area (Å²) in [5, 5.41) is 5.34. The lowest BCUT2D eigenvalue weighted by molar-refractivity contribution is 0.0961. The van der Waals surface area contributed by atoms with Gasteiger partial charge in [-0.1, -0.05) is 12.1 Å². The van der Waals surface area contributed by atoms with E-state index in [-0.39, 0.29) is 17.6 Å². The number of benzene rings is 2. The van der Waals surface area contributed by atoms with Gasteiger partial charge in [-0.25, -0.2) is 4.39 Å². The first kappa shape index (κ1) is 20.1. The summed E-state index contributed by atoms with van der Waals surface area (Å²) < 4.78 is 21.3. The summed E-state index contributed by atoms with van der Waals surface area (Å²) in [7, 11) is 3.01. The number of hydrogen-bond donors (Lipinski definition) is 2. The molecule has 0 aliphatic rings. The molecule has 0 atom stereocenters. The minimum atomic E-state index is -0.381. The van der Waals surface area contributed by atoms with Crippen molar-refractivity contribution in [3.63, 3.8) is 0 Å². The van der Waals surface area contributed by atoms with Crippen molar-refractivity contribution in [1.82, 2.24) is 9.88 Å². The number of aromatic nitrogens is 1. The van der Waals surface area contributed by atoms with Gasteiger partial charge in [-0.3, -0.25) is 9.59 Å². The van der Waals surface area contributed by atoms with Crippen molar-refractivity contribution >= 4 is 17.5 Å². The second-order valence-electron chi connectivity index (χ2n) is 6.52. The fourth-order valence-electron chi connectivity index (χ4n) is 3.28. The van der Waals surface area contributed by atoms with E-state index in [4.69, 9.17) is 4.74 Å². The second-order valence-corrected chi connectivity index (χ2v) is 6.52. The summed E-state index contributed by atoms with van der Waals surface area (Å²) in [6, 6.07) is 12.9. The summed E-state index contributed by atoms with van der Waals surface area (Å²) in [6.45, 7) is 3.57. The van der Waals surface area contributed by atoms with Gasteiger partial charge >= 0.3 is 0 Å². The number of methoxy groups -OCH3 is 1. The van der Waals surface area contributed by atoms with Crippen molar-refractivity contribution in [1.29, 1.82) is 0 Å². The van der Waals surface area contributed by atoms with E-state index in [0.29, 0.717) is 33.9 Å². The van der Waals surface area contributed by atoms with Gasteiger partial charge in [0, 0.05) is 24.0 Å². The quantitative estimate of drug-likeness (QED) is 0.689. The Bertz CT molecular complexity index is 1090. The molecule has 0 unspecified atom stereocenters. The highest BCUT2D eigenvalue weighted by molar-refractivity contribution is 6.07. The van der Waals surface area contributed by atoms with Crippen LogP contribution in [0.25, 0.3) is 5.69 Å². The molecule has 2 aromatic carbocycles. The molecule has 0 saturated heterocycles. The van der Waals surface area contributed by atoms with E-state index in [9.17, 15) is 14.0 Å². The maximum atomic E-state index is 14.3. The van der Waals surface area contributed by atoms with Crippen LogP contribution in [0.4, 0.5) is 10.1 Å². The molecule has 0 bridgehead atoms. The average Bonchev–Trinajstić information content (AvgIpc) is 3.02. The van der Waals surface area contributed by atoms with E-state index in [0.717, 1.165) is 5.69 Å².